The zero-order valence-corrected chi connectivity index (χ0v) is 10.2. The minimum absolute atomic E-state index is 0.420. The van der Waals surface area contributed by atoms with Crippen molar-refractivity contribution < 1.29 is 5.11 Å². The molecule has 3 nitrogen and oxygen atoms in total. The lowest BCUT2D eigenvalue weighted by atomic mass is 10.2. The van der Waals surface area contributed by atoms with E-state index in [-0.39, 0.29) is 0 Å². The molecule has 0 atom stereocenters. The number of hydrogen-bond donors (Lipinski definition) is 1. The summed E-state index contributed by atoms with van der Waals surface area (Å²) in [5.74, 6) is 0. The Labute approximate surface area is 92.1 Å². The van der Waals surface area contributed by atoms with Gasteiger partial charge in [-0.2, -0.15) is 0 Å². The Morgan fingerprint density at radius 3 is 2.47 bits per heavy atom. The smallest absolute Gasteiger partial charge is 0.0952 e. The van der Waals surface area contributed by atoms with Crippen molar-refractivity contribution in [3.63, 3.8) is 0 Å². The molecule has 2 rings (SSSR count). The van der Waals surface area contributed by atoms with Crippen molar-refractivity contribution in [1.29, 1.82) is 0 Å². The highest BCUT2D eigenvalue weighted by Crippen LogP contribution is 2.36. The average Bonchev–Trinajstić information content (AvgIpc) is 2.88. The molecule has 0 aliphatic heterocycles. The third-order valence-electron chi connectivity index (χ3n) is 2.83. The van der Waals surface area contributed by atoms with E-state index in [1.807, 2.05) is 20.2 Å². The summed E-state index contributed by atoms with van der Waals surface area (Å²) in [7, 11) is 0. The van der Waals surface area contributed by atoms with Crippen molar-refractivity contribution >= 4 is 0 Å². The lowest BCUT2D eigenvalue weighted by Crippen LogP contribution is -2.17. The van der Waals surface area contributed by atoms with Crippen LogP contribution in [-0.4, -0.2) is 20.3 Å². The molecule has 1 aliphatic carbocycles. The third kappa shape index (κ3) is 2.81. The molecular formula is C12H22N2O. The van der Waals surface area contributed by atoms with Crippen LogP contribution >= 0.6 is 0 Å². The number of aromatic nitrogens is 2. The Hall–Kier alpha value is -0.830. The van der Waals surface area contributed by atoms with E-state index in [4.69, 9.17) is 0 Å². The fourth-order valence-electron chi connectivity index (χ4n) is 1.61. The lowest BCUT2D eigenvalue weighted by Gasteiger charge is -2.10. The predicted molar refractivity (Wildman–Crippen MR) is 61.9 cm³/mol. The van der Waals surface area contributed by atoms with Gasteiger partial charge in [-0.25, -0.2) is 4.98 Å². The van der Waals surface area contributed by atoms with Crippen molar-refractivity contribution in [2.75, 3.05) is 0 Å². The maximum atomic E-state index is 9.74. The number of nitrogens with zero attached hydrogens (tertiary/aromatic N) is 2. The zero-order chi connectivity index (χ0) is 11.5. The third-order valence-corrected chi connectivity index (χ3v) is 2.83. The highest BCUT2D eigenvalue weighted by atomic mass is 16.3. The van der Waals surface area contributed by atoms with E-state index in [0.717, 1.165) is 25.0 Å². The molecule has 3 heteroatoms. The van der Waals surface area contributed by atoms with Crippen molar-refractivity contribution in [1.82, 2.24) is 9.55 Å². The van der Waals surface area contributed by atoms with E-state index in [9.17, 15) is 5.11 Å². The lowest BCUT2D eigenvalue weighted by molar-refractivity contribution is 0.129. The van der Waals surface area contributed by atoms with Crippen LogP contribution in [0, 0.1) is 6.92 Å². The van der Waals surface area contributed by atoms with Gasteiger partial charge in [0.25, 0.3) is 0 Å². The highest BCUT2D eigenvalue weighted by Gasteiger charge is 2.40. The molecular weight excluding hydrogens is 188 g/mol. The molecule has 15 heavy (non-hydrogen) atoms. The Kier molecular flexibility index (Phi) is 3.91. The number of aryl methyl sites for hydroxylation is 1. The summed E-state index contributed by atoms with van der Waals surface area (Å²) in [6.07, 6.45) is 4.68. The van der Waals surface area contributed by atoms with Gasteiger partial charge in [0.05, 0.1) is 24.2 Å². The van der Waals surface area contributed by atoms with E-state index in [2.05, 4.69) is 23.4 Å². The topological polar surface area (TPSA) is 38.0 Å². The molecule has 0 radical (unpaired) electrons. The Balaban J connectivity index is 0.000000531. The molecule has 1 heterocycles. The average molecular weight is 210 g/mol. The zero-order valence-electron chi connectivity index (χ0n) is 10.2. The Morgan fingerprint density at radius 2 is 2.07 bits per heavy atom. The van der Waals surface area contributed by atoms with Crippen LogP contribution in [0.3, 0.4) is 0 Å². The molecule has 0 unspecified atom stereocenters. The number of aliphatic hydroxyl groups is 1. The standard InChI is InChI=1S/C10H16N2O.C2H6/c1-3-9-8(2)12(7-11-9)6-10(13)4-5-10;1-2/h7,13H,3-6H2,1-2H3;1-2H3. The molecule has 1 aromatic rings. The van der Waals surface area contributed by atoms with Crippen LogP contribution in [-0.2, 0) is 13.0 Å². The maximum Gasteiger partial charge on any atom is 0.0952 e. The first-order valence-corrected chi connectivity index (χ1v) is 5.87. The summed E-state index contributed by atoms with van der Waals surface area (Å²) in [4.78, 5) is 4.30. The van der Waals surface area contributed by atoms with Gasteiger partial charge < -0.3 is 9.67 Å². The fraction of sp³-hybridized carbons (Fsp3) is 0.750. The van der Waals surface area contributed by atoms with Crippen LogP contribution in [0.1, 0.15) is 45.0 Å². The van der Waals surface area contributed by atoms with E-state index >= 15 is 0 Å². The summed E-state index contributed by atoms with van der Waals surface area (Å²) in [5.41, 5.74) is 1.92. The summed E-state index contributed by atoms with van der Waals surface area (Å²) in [6.45, 7) is 8.88. The first-order valence-electron chi connectivity index (χ1n) is 5.87. The van der Waals surface area contributed by atoms with Gasteiger partial charge in [0.15, 0.2) is 0 Å². The first-order chi connectivity index (χ1) is 7.14. The fourth-order valence-corrected chi connectivity index (χ4v) is 1.61. The number of imidazole rings is 1. The molecule has 0 amide bonds. The number of hydrogen-bond acceptors (Lipinski definition) is 2. The monoisotopic (exact) mass is 210 g/mol. The van der Waals surface area contributed by atoms with Gasteiger partial charge in [0.1, 0.15) is 0 Å². The predicted octanol–water partition coefficient (Wildman–Crippen LogP) is 2.31. The molecule has 1 aliphatic rings. The van der Waals surface area contributed by atoms with Gasteiger partial charge in [0, 0.05) is 5.69 Å². The van der Waals surface area contributed by atoms with Crippen molar-refractivity contribution in [3.05, 3.63) is 17.7 Å². The molecule has 1 aromatic heterocycles. The van der Waals surface area contributed by atoms with Crippen LogP contribution in [0.4, 0.5) is 0 Å². The SMILES string of the molecule is CC.CCc1ncn(CC2(O)CC2)c1C. The van der Waals surface area contributed by atoms with Gasteiger partial charge in [-0.05, 0) is 26.2 Å². The van der Waals surface area contributed by atoms with Gasteiger partial charge in [0.2, 0.25) is 0 Å². The van der Waals surface area contributed by atoms with E-state index < -0.39 is 5.60 Å². The van der Waals surface area contributed by atoms with Crippen LogP contribution in [0.15, 0.2) is 6.33 Å². The van der Waals surface area contributed by atoms with Crippen molar-refractivity contribution in [3.8, 4) is 0 Å². The largest absolute Gasteiger partial charge is 0.388 e. The molecule has 0 saturated heterocycles. The van der Waals surface area contributed by atoms with Gasteiger partial charge in [-0.1, -0.05) is 20.8 Å². The second-order valence-corrected chi connectivity index (χ2v) is 3.98. The summed E-state index contributed by atoms with van der Waals surface area (Å²) in [5, 5.41) is 9.74. The quantitative estimate of drug-likeness (QED) is 0.831. The molecule has 0 aromatic carbocycles. The molecule has 1 fully saturated rings. The van der Waals surface area contributed by atoms with Gasteiger partial charge >= 0.3 is 0 Å². The summed E-state index contributed by atoms with van der Waals surface area (Å²) < 4.78 is 2.06. The Bertz CT molecular complexity index is 313. The normalized spacial score (nSPS) is 16.9. The van der Waals surface area contributed by atoms with Crippen molar-refractivity contribution in [2.24, 2.45) is 0 Å². The van der Waals surface area contributed by atoms with E-state index in [1.54, 1.807) is 0 Å². The molecule has 0 bridgehead atoms. The van der Waals surface area contributed by atoms with E-state index in [1.165, 1.54) is 5.69 Å². The number of rotatable bonds is 3. The first kappa shape index (κ1) is 12.2. The molecule has 86 valence electrons. The maximum absolute atomic E-state index is 9.74. The highest BCUT2D eigenvalue weighted by molar-refractivity contribution is 5.12. The summed E-state index contributed by atoms with van der Waals surface area (Å²) in [6, 6.07) is 0. The van der Waals surface area contributed by atoms with Gasteiger partial charge in [-0.3, -0.25) is 0 Å². The minimum Gasteiger partial charge on any atom is -0.388 e. The molecule has 1 N–H and O–H groups in total. The second-order valence-electron chi connectivity index (χ2n) is 3.98. The van der Waals surface area contributed by atoms with Crippen LogP contribution in [0.2, 0.25) is 0 Å². The Morgan fingerprint density at radius 1 is 1.47 bits per heavy atom. The van der Waals surface area contributed by atoms with Gasteiger partial charge in [-0.15, -0.1) is 0 Å². The van der Waals surface area contributed by atoms with Crippen molar-refractivity contribution in [2.45, 2.75) is 59.1 Å². The van der Waals surface area contributed by atoms with E-state index in [0.29, 0.717) is 6.54 Å². The van der Waals surface area contributed by atoms with Crippen LogP contribution < -0.4 is 0 Å². The van der Waals surface area contributed by atoms with Crippen LogP contribution in [0.5, 0.6) is 0 Å². The molecule has 0 spiro atoms. The molecule has 1 saturated carbocycles. The summed E-state index contributed by atoms with van der Waals surface area (Å²) >= 11 is 0. The second kappa shape index (κ2) is 4.79. The van der Waals surface area contributed by atoms with Crippen LogP contribution in [0.25, 0.3) is 0 Å². The minimum atomic E-state index is -0.420.